The van der Waals surface area contributed by atoms with Crippen LogP contribution in [-0.2, 0) is 53.6 Å². The summed E-state index contributed by atoms with van der Waals surface area (Å²) in [5.74, 6) is 1.57. The predicted octanol–water partition coefficient (Wildman–Crippen LogP) is 11.9. The summed E-state index contributed by atoms with van der Waals surface area (Å²) in [5.41, 5.74) is 6.46. The van der Waals surface area contributed by atoms with Crippen molar-refractivity contribution in [2.45, 2.75) is 148 Å². The minimum absolute atomic E-state index is 0.0776. The molecule has 0 aliphatic carbocycles. The zero-order valence-corrected chi connectivity index (χ0v) is 37.3. The van der Waals surface area contributed by atoms with E-state index in [0.717, 1.165) is 51.8 Å². The fourth-order valence-electron chi connectivity index (χ4n) is 6.38. The highest BCUT2D eigenvalue weighted by Gasteiger charge is 2.28. The van der Waals surface area contributed by atoms with E-state index in [1.165, 1.54) is 0 Å². The fraction of sp³-hybridized carbons (Fsp3) is 0.574. The monoisotopic (exact) mass is 792 g/mol. The molecule has 3 aromatic carbocycles. The molecule has 0 radical (unpaired) electrons. The van der Waals surface area contributed by atoms with E-state index in [1.54, 1.807) is 23.5 Å². The average Bonchev–Trinajstić information content (AvgIpc) is 3.07. The van der Waals surface area contributed by atoms with Gasteiger partial charge in [-0.05, 0) is 86.3 Å². The van der Waals surface area contributed by atoms with E-state index in [4.69, 9.17) is 9.47 Å². The Hall–Kier alpha value is -3.10. The van der Waals surface area contributed by atoms with Crippen molar-refractivity contribution >= 4 is 35.5 Å². The summed E-state index contributed by atoms with van der Waals surface area (Å²) < 4.78 is 11.3. The van der Waals surface area contributed by atoms with Crippen LogP contribution < -0.4 is 0 Å². The van der Waals surface area contributed by atoms with Crippen molar-refractivity contribution in [3.05, 3.63) is 93.5 Å². The molecule has 0 saturated heterocycles. The Morgan fingerprint density at radius 3 is 1.20 bits per heavy atom. The number of aryl methyl sites for hydroxylation is 2. The lowest BCUT2D eigenvalue weighted by molar-refractivity contribution is -0.144. The summed E-state index contributed by atoms with van der Waals surface area (Å²) in [7, 11) is 0. The first kappa shape index (κ1) is 46.3. The van der Waals surface area contributed by atoms with Gasteiger partial charge >= 0.3 is 11.9 Å². The van der Waals surface area contributed by atoms with Gasteiger partial charge in [0.25, 0.3) is 0 Å². The number of hydrogen-bond donors (Lipinski definition) is 2. The van der Waals surface area contributed by atoms with Crippen molar-refractivity contribution in [2.24, 2.45) is 0 Å². The van der Waals surface area contributed by atoms with Gasteiger partial charge in [-0.1, -0.05) is 138 Å². The summed E-state index contributed by atoms with van der Waals surface area (Å²) in [4.78, 5) is 25.4. The maximum absolute atomic E-state index is 12.7. The maximum Gasteiger partial charge on any atom is 0.306 e. The average molecular weight is 793 g/mol. The van der Waals surface area contributed by atoms with E-state index >= 15 is 0 Å². The number of carbonyl (C=O) groups excluding carboxylic acids is 2. The Balaban J connectivity index is 1.44. The second-order valence-electron chi connectivity index (χ2n) is 18.7. The van der Waals surface area contributed by atoms with E-state index < -0.39 is 0 Å². The highest BCUT2D eigenvalue weighted by molar-refractivity contribution is 8.16. The van der Waals surface area contributed by atoms with Gasteiger partial charge in [0.1, 0.15) is 11.5 Å². The molecular formula is C47H68O6S2. The molecule has 304 valence electrons. The zero-order valence-electron chi connectivity index (χ0n) is 35.7. The molecule has 3 aromatic rings. The van der Waals surface area contributed by atoms with Crippen LogP contribution in [0.3, 0.4) is 0 Å². The third-order valence-electron chi connectivity index (χ3n) is 9.54. The lowest BCUT2D eigenvalue weighted by Crippen LogP contribution is -2.18. The Bertz CT molecular complexity index is 1530. The third-order valence-corrected chi connectivity index (χ3v) is 12.4. The number of phenolic OH excluding ortho intramolecular Hbond substituents is 2. The lowest BCUT2D eigenvalue weighted by Gasteiger charge is -2.28. The summed E-state index contributed by atoms with van der Waals surface area (Å²) in [6.45, 7) is 26.0. The molecule has 0 spiro atoms. The highest BCUT2D eigenvalue weighted by Crippen LogP contribution is 2.42. The number of hydrogen-bond acceptors (Lipinski definition) is 8. The van der Waals surface area contributed by atoms with Gasteiger partial charge in [0.15, 0.2) is 0 Å². The molecule has 0 bridgehead atoms. The fourth-order valence-corrected chi connectivity index (χ4v) is 9.04. The predicted molar refractivity (Wildman–Crippen MR) is 233 cm³/mol. The summed E-state index contributed by atoms with van der Waals surface area (Å²) in [6, 6.07) is 18.5. The Morgan fingerprint density at radius 2 is 0.891 bits per heavy atom. The van der Waals surface area contributed by atoms with Crippen LogP contribution in [0.1, 0.15) is 152 Å². The van der Waals surface area contributed by atoms with Crippen LogP contribution in [-0.4, -0.2) is 46.9 Å². The maximum atomic E-state index is 12.7. The lowest BCUT2D eigenvalue weighted by atomic mass is 9.78. The van der Waals surface area contributed by atoms with Gasteiger partial charge < -0.3 is 19.7 Å². The summed E-state index contributed by atoms with van der Waals surface area (Å²) in [5, 5.41) is 22.0. The number of rotatable bonds is 17. The van der Waals surface area contributed by atoms with Crippen molar-refractivity contribution < 1.29 is 29.3 Å². The van der Waals surface area contributed by atoms with Crippen LogP contribution in [0.4, 0.5) is 0 Å². The molecule has 0 fully saturated rings. The highest BCUT2D eigenvalue weighted by atomic mass is 32.2. The number of thioether (sulfide) groups is 2. The van der Waals surface area contributed by atoms with Crippen molar-refractivity contribution in [2.75, 3.05) is 24.7 Å². The number of aromatic hydroxyl groups is 2. The third kappa shape index (κ3) is 14.7. The Morgan fingerprint density at radius 1 is 0.564 bits per heavy atom. The van der Waals surface area contributed by atoms with Gasteiger partial charge in [-0.15, -0.1) is 23.5 Å². The largest absolute Gasteiger partial charge is 0.507 e. The topological polar surface area (TPSA) is 93.1 Å². The van der Waals surface area contributed by atoms with Gasteiger partial charge in [-0.3, -0.25) is 9.59 Å². The van der Waals surface area contributed by atoms with Gasteiger partial charge in [0, 0.05) is 11.5 Å². The zero-order chi connectivity index (χ0) is 41.2. The number of esters is 2. The van der Waals surface area contributed by atoms with Crippen LogP contribution in [0, 0.1) is 0 Å². The normalized spacial score (nSPS) is 12.6. The first-order valence-corrected chi connectivity index (χ1v) is 21.9. The van der Waals surface area contributed by atoms with E-state index in [-0.39, 0.29) is 38.2 Å². The second-order valence-corrected chi connectivity index (χ2v) is 21.4. The van der Waals surface area contributed by atoms with Gasteiger partial charge in [-0.2, -0.15) is 0 Å². The molecule has 0 saturated carbocycles. The minimum atomic E-state index is -0.207. The quantitative estimate of drug-likeness (QED) is 0.0793. The molecule has 0 atom stereocenters. The Labute approximate surface area is 341 Å². The van der Waals surface area contributed by atoms with Crippen molar-refractivity contribution in [3.8, 4) is 11.5 Å². The molecule has 3 rings (SSSR count). The van der Waals surface area contributed by atoms with Gasteiger partial charge in [0.2, 0.25) is 0 Å². The molecule has 0 heterocycles. The second kappa shape index (κ2) is 19.9. The van der Waals surface area contributed by atoms with Gasteiger partial charge in [0.05, 0.1) is 30.6 Å². The van der Waals surface area contributed by atoms with Gasteiger partial charge in [-0.25, -0.2) is 0 Å². The molecule has 6 nitrogen and oxygen atoms in total. The van der Waals surface area contributed by atoms with Crippen LogP contribution in [0.5, 0.6) is 11.5 Å². The molecule has 8 heteroatoms. The standard InChI is InChI=1S/C47H68O6S2/c1-44(2,3)35-28-32(29-36(41(35)50)45(4,5)6)18-16-24-52-39(48)22-26-54-43(34-20-14-13-15-21-34)55-27-23-40(49)53-25-17-19-33-30-37(46(7,8)9)42(51)38(31-33)47(10,11)12/h13-15,20-21,28-31,43,50-51H,16-19,22-27H2,1-12H3. The number of ether oxygens (including phenoxy) is 2. The molecule has 0 aromatic heterocycles. The van der Waals surface area contributed by atoms with Crippen molar-refractivity contribution in [1.29, 1.82) is 0 Å². The summed E-state index contributed by atoms with van der Waals surface area (Å²) >= 11 is 3.39. The molecule has 0 aliphatic rings. The van der Waals surface area contributed by atoms with Crippen molar-refractivity contribution in [1.82, 2.24) is 0 Å². The summed E-state index contributed by atoms with van der Waals surface area (Å²) in [6.07, 6.45) is 3.57. The Kier molecular flexibility index (Phi) is 16.7. The first-order valence-electron chi connectivity index (χ1n) is 19.8. The molecule has 55 heavy (non-hydrogen) atoms. The first-order chi connectivity index (χ1) is 25.5. The van der Waals surface area contributed by atoms with Crippen molar-refractivity contribution in [3.63, 3.8) is 0 Å². The molecule has 2 N–H and O–H groups in total. The van der Waals surface area contributed by atoms with E-state index in [0.29, 0.717) is 61.9 Å². The number of phenols is 2. The van der Waals surface area contributed by atoms with Crippen LogP contribution >= 0.6 is 23.5 Å². The number of carbonyl (C=O) groups is 2. The van der Waals surface area contributed by atoms with Crippen LogP contribution in [0.25, 0.3) is 0 Å². The smallest absolute Gasteiger partial charge is 0.306 e. The van der Waals surface area contributed by atoms with Crippen LogP contribution in [0.15, 0.2) is 54.6 Å². The minimum Gasteiger partial charge on any atom is -0.507 e. The van der Waals surface area contributed by atoms with E-state index in [9.17, 15) is 19.8 Å². The molecule has 0 unspecified atom stereocenters. The van der Waals surface area contributed by atoms with Crippen LogP contribution in [0.2, 0.25) is 0 Å². The van der Waals surface area contributed by atoms with E-state index in [2.05, 4.69) is 119 Å². The SMILES string of the molecule is CC(C)(C)c1cc(CCCOC(=O)CCSC(SCCC(=O)OCCCc2cc(C(C)(C)C)c(O)c(C(C)(C)C)c2)c2ccccc2)cc(C(C)(C)C)c1O. The van der Waals surface area contributed by atoms with E-state index in [1.807, 2.05) is 18.2 Å². The number of benzene rings is 3. The molecule has 0 amide bonds. The molecular weight excluding hydrogens is 725 g/mol. The molecule has 0 aliphatic heterocycles.